The summed E-state index contributed by atoms with van der Waals surface area (Å²) in [6.07, 6.45) is 2.04. The second kappa shape index (κ2) is 5.63. The molecule has 0 aliphatic carbocycles. The van der Waals surface area contributed by atoms with Crippen LogP contribution >= 0.6 is 23.2 Å². The molecule has 0 heterocycles. The summed E-state index contributed by atoms with van der Waals surface area (Å²) in [4.78, 5) is -0.555. The van der Waals surface area contributed by atoms with Crippen molar-refractivity contribution >= 4 is 23.2 Å². The second-order valence-corrected chi connectivity index (χ2v) is 7.65. The predicted molar refractivity (Wildman–Crippen MR) is 78.1 cm³/mol. The van der Waals surface area contributed by atoms with Crippen LogP contribution in [0.3, 0.4) is 0 Å². The first kappa shape index (κ1) is 14.9. The third-order valence-electron chi connectivity index (χ3n) is 3.22. The van der Waals surface area contributed by atoms with Gasteiger partial charge < -0.3 is 0 Å². The lowest BCUT2D eigenvalue weighted by atomic mass is 9.80. The molecule has 0 radical (unpaired) electrons. The van der Waals surface area contributed by atoms with Crippen LogP contribution in [0, 0.1) is 5.92 Å². The third kappa shape index (κ3) is 4.89. The van der Waals surface area contributed by atoms with Crippen LogP contribution in [0.4, 0.5) is 0 Å². The van der Waals surface area contributed by atoms with Gasteiger partial charge in [0.05, 0.1) is 0 Å². The van der Waals surface area contributed by atoms with Gasteiger partial charge in [-0.2, -0.15) is 0 Å². The molecule has 1 aromatic carbocycles. The maximum absolute atomic E-state index is 6.47. The average molecular weight is 273 g/mol. The van der Waals surface area contributed by atoms with Gasteiger partial charge in [0, 0.05) is 9.75 Å². The highest BCUT2D eigenvalue weighted by Gasteiger charge is 2.37. The molecule has 0 unspecified atom stereocenters. The molecule has 0 amide bonds. The van der Waals surface area contributed by atoms with Crippen LogP contribution < -0.4 is 0 Å². The highest BCUT2D eigenvalue weighted by Crippen LogP contribution is 2.40. The maximum atomic E-state index is 6.47. The zero-order chi connectivity index (χ0) is 13.1. The molecule has 0 nitrogen and oxygen atoms in total. The van der Waals surface area contributed by atoms with Gasteiger partial charge in [0.15, 0.2) is 0 Å². The van der Waals surface area contributed by atoms with Crippen molar-refractivity contribution in [3.8, 4) is 0 Å². The van der Waals surface area contributed by atoms with Crippen molar-refractivity contribution in [3.05, 3.63) is 35.9 Å². The maximum Gasteiger partial charge on any atom is 0.0435 e. The fourth-order valence-electron chi connectivity index (χ4n) is 2.46. The van der Waals surface area contributed by atoms with E-state index in [4.69, 9.17) is 23.2 Å². The van der Waals surface area contributed by atoms with E-state index in [1.54, 1.807) is 0 Å². The van der Waals surface area contributed by atoms with Crippen molar-refractivity contribution in [1.82, 2.24) is 0 Å². The van der Waals surface area contributed by atoms with Crippen molar-refractivity contribution in [3.63, 3.8) is 0 Å². The van der Waals surface area contributed by atoms with Crippen LogP contribution in [0.15, 0.2) is 30.3 Å². The number of hydrogen-bond acceptors (Lipinski definition) is 0. The van der Waals surface area contributed by atoms with Crippen LogP contribution in [0.25, 0.3) is 0 Å². The van der Waals surface area contributed by atoms with E-state index in [9.17, 15) is 0 Å². The molecule has 0 N–H and O–H groups in total. The first-order valence-electron chi connectivity index (χ1n) is 6.13. The van der Waals surface area contributed by atoms with E-state index in [1.807, 2.05) is 33.8 Å². The van der Waals surface area contributed by atoms with E-state index in [-0.39, 0.29) is 15.7 Å². The monoisotopic (exact) mass is 272 g/mol. The first-order valence-corrected chi connectivity index (χ1v) is 6.88. The molecule has 0 fully saturated rings. The summed E-state index contributed by atoms with van der Waals surface area (Å²) in [5.41, 5.74) is 1.35. The molecular weight excluding hydrogens is 251 g/mol. The molecule has 0 bridgehead atoms. The third-order valence-corrected chi connectivity index (χ3v) is 3.75. The van der Waals surface area contributed by atoms with Gasteiger partial charge in [-0.1, -0.05) is 30.3 Å². The fourth-order valence-corrected chi connectivity index (χ4v) is 3.28. The van der Waals surface area contributed by atoms with Gasteiger partial charge in [-0.3, -0.25) is 0 Å². The Morgan fingerprint density at radius 3 is 1.82 bits per heavy atom. The largest absolute Gasteiger partial charge is 0.120 e. The lowest BCUT2D eigenvalue weighted by Gasteiger charge is -2.37. The Hall–Kier alpha value is -0.200. The van der Waals surface area contributed by atoms with Crippen molar-refractivity contribution in [2.24, 2.45) is 5.92 Å². The number of benzene rings is 1. The van der Waals surface area contributed by atoms with E-state index in [2.05, 4.69) is 24.3 Å². The van der Waals surface area contributed by atoms with E-state index < -0.39 is 0 Å². The molecule has 0 aliphatic heterocycles. The Morgan fingerprint density at radius 2 is 1.41 bits per heavy atom. The van der Waals surface area contributed by atoms with Gasteiger partial charge >= 0.3 is 0 Å². The summed E-state index contributed by atoms with van der Waals surface area (Å²) < 4.78 is 0. The molecule has 1 rings (SSSR count). The van der Waals surface area contributed by atoms with Crippen molar-refractivity contribution in [2.45, 2.75) is 50.3 Å². The standard InChI is InChI=1S/C15H22Cl2/c1-14(2,16)13(15(3,4)17)11-10-12-8-6-5-7-9-12/h5-9,13H,10-11H2,1-4H3. The van der Waals surface area contributed by atoms with Crippen LogP contribution in [0.2, 0.25) is 0 Å². The highest BCUT2D eigenvalue weighted by molar-refractivity contribution is 6.27. The van der Waals surface area contributed by atoms with Crippen LogP contribution in [-0.2, 0) is 6.42 Å². The van der Waals surface area contributed by atoms with Crippen LogP contribution in [-0.4, -0.2) is 9.75 Å². The molecule has 0 saturated carbocycles. The molecule has 0 aromatic heterocycles. The minimum absolute atomic E-state index is 0.276. The SMILES string of the molecule is CC(C)(Cl)C(CCc1ccccc1)C(C)(C)Cl. The molecule has 0 spiro atoms. The van der Waals surface area contributed by atoms with Gasteiger partial charge in [0.25, 0.3) is 0 Å². The quantitative estimate of drug-likeness (QED) is 0.641. The van der Waals surface area contributed by atoms with Gasteiger partial charge in [0.1, 0.15) is 0 Å². The lowest BCUT2D eigenvalue weighted by molar-refractivity contribution is 0.314. The molecule has 17 heavy (non-hydrogen) atoms. The summed E-state index contributed by atoms with van der Waals surface area (Å²) in [6.45, 7) is 8.20. The molecule has 0 aliphatic rings. The zero-order valence-electron chi connectivity index (χ0n) is 11.1. The fraction of sp³-hybridized carbons (Fsp3) is 0.600. The Morgan fingerprint density at radius 1 is 0.941 bits per heavy atom. The van der Waals surface area contributed by atoms with Gasteiger partial charge in [0.2, 0.25) is 0 Å². The Balaban J connectivity index is 2.70. The summed E-state index contributed by atoms with van der Waals surface area (Å²) in [5.74, 6) is 0.276. The molecule has 0 saturated heterocycles. The lowest BCUT2D eigenvalue weighted by Crippen LogP contribution is -2.38. The van der Waals surface area contributed by atoms with E-state index in [0.717, 1.165) is 12.8 Å². The van der Waals surface area contributed by atoms with Crippen molar-refractivity contribution in [1.29, 1.82) is 0 Å². The average Bonchev–Trinajstić information content (AvgIpc) is 2.15. The Bertz CT molecular complexity index is 316. The summed E-state index contributed by atoms with van der Waals surface area (Å²) >= 11 is 12.9. The normalized spacial score (nSPS) is 13.1. The van der Waals surface area contributed by atoms with Crippen LogP contribution in [0.5, 0.6) is 0 Å². The molecule has 0 atom stereocenters. The minimum Gasteiger partial charge on any atom is -0.120 e. The topological polar surface area (TPSA) is 0 Å². The summed E-state index contributed by atoms with van der Waals surface area (Å²) in [5, 5.41) is 0. The van der Waals surface area contributed by atoms with E-state index >= 15 is 0 Å². The second-order valence-electron chi connectivity index (χ2n) is 5.71. The van der Waals surface area contributed by atoms with E-state index in [1.165, 1.54) is 5.56 Å². The van der Waals surface area contributed by atoms with Gasteiger partial charge in [-0.15, -0.1) is 23.2 Å². The Labute approximate surface area is 115 Å². The van der Waals surface area contributed by atoms with Crippen LogP contribution in [0.1, 0.15) is 39.7 Å². The highest BCUT2D eigenvalue weighted by atomic mass is 35.5. The zero-order valence-corrected chi connectivity index (χ0v) is 12.6. The summed E-state index contributed by atoms with van der Waals surface area (Å²) in [7, 11) is 0. The molecular formula is C15H22Cl2. The van der Waals surface area contributed by atoms with Crippen molar-refractivity contribution < 1.29 is 0 Å². The minimum atomic E-state index is -0.278. The number of rotatable bonds is 5. The molecule has 2 heteroatoms. The number of hydrogen-bond donors (Lipinski definition) is 0. The van der Waals surface area contributed by atoms with Crippen molar-refractivity contribution in [2.75, 3.05) is 0 Å². The van der Waals surface area contributed by atoms with E-state index in [0.29, 0.717) is 0 Å². The number of halogens is 2. The smallest absolute Gasteiger partial charge is 0.0435 e. The number of aryl methyl sites for hydroxylation is 1. The first-order chi connectivity index (χ1) is 7.71. The van der Waals surface area contributed by atoms with Gasteiger partial charge in [-0.05, 0) is 52.0 Å². The molecule has 1 aromatic rings. The predicted octanol–water partition coefficient (Wildman–Crippen LogP) is 5.27. The molecule has 96 valence electrons. The Kier molecular flexibility index (Phi) is 4.92. The summed E-state index contributed by atoms with van der Waals surface area (Å²) in [6, 6.07) is 10.5. The van der Waals surface area contributed by atoms with Gasteiger partial charge in [-0.25, -0.2) is 0 Å². The number of alkyl halides is 2.